The molecule has 0 unspecified atom stereocenters. The summed E-state index contributed by atoms with van der Waals surface area (Å²) in [5.74, 6) is 0.773. The number of benzene rings is 2. The number of hydrogen-bond acceptors (Lipinski definition) is 5. The molecule has 7 nitrogen and oxygen atoms in total. The first kappa shape index (κ1) is 16.2. The quantitative estimate of drug-likeness (QED) is 0.712. The summed E-state index contributed by atoms with van der Waals surface area (Å²) in [6.07, 6.45) is 1.47. The van der Waals surface area contributed by atoms with Gasteiger partial charge in [0.1, 0.15) is 5.75 Å². The van der Waals surface area contributed by atoms with Gasteiger partial charge in [0.25, 0.3) is 0 Å². The Morgan fingerprint density at radius 3 is 2.21 bits per heavy atom. The van der Waals surface area contributed by atoms with E-state index in [0.717, 1.165) is 16.9 Å². The van der Waals surface area contributed by atoms with Crippen molar-refractivity contribution < 1.29 is 13.2 Å². The molecular formula is C16H16N4O3S. The van der Waals surface area contributed by atoms with E-state index in [0.29, 0.717) is 5.69 Å². The number of methoxy groups -OCH3 is 1. The first-order valence-electron chi connectivity index (χ1n) is 7.17. The van der Waals surface area contributed by atoms with Crippen LogP contribution in [-0.4, -0.2) is 30.9 Å². The van der Waals surface area contributed by atoms with Crippen LogP contribution in [0.1, 0.15) is 5.69 Å². The summed E-state index contributed by atoms with van der Waals surface area (Å²) in [7, 11) is -1.99. The molecule has 24 heavy (non-hydrogen) atoms. The van der Waals surface area contributed by atoms with Gasteiger partial charge in [-0.3, -0.25) is 0 Å². The highest BCUT2D eigenvalue weighted by atomic mass is 32.2. The van der Waals surface area contributed by atoms with E-state index < -0.39 is 10.0 Å². The van der Waals surface area contributed by atoms with E-state index in [-0.39, 0.29) is 11.4 Å². The fraction of sp³-hybridized carbons (Fsp3) is 0.125. The molecule has 0 aliphatic rings. The minimum Gasteiger partial charge on any atom is -0.497 e. The first-order valence-corrected chi connectivity index (χ1v) is 8.65. The van der Waals surface area contributed by atoms with Gasteiger partial charge in [0.2, 0.25) is 10.0 Å². The topological polar surface area (TPSA) is 97.0 Å². The van der Waals surface area contributed by atoms with Crippen LogP contribution in [0.15, 0.2) is 59.6 Å². The van der Waals surface area contributed by atoms with E-state index in [2.05, 4.69) is 20.1 Å². The molecule has 0 saturated carbocycles. The summed E-state index contributed by atoms with van der Waals surface area (Å²) in [6, 6.07) is 14.3. The van der Waals surface area contributed by atoms with Gasteiger partial charge >= 0.3 is 0 Å². The fourth-order valence-electron chi connectivity index (χ4n) is 2.17. The summed E-state index contributed by atoms with van der Waals surface area (Å²) in [5, 5.41) is 9.88. The summed E-state index contributed by atoms with van der Waals surface area (Å²) in [5.41, 5.74) is 2.43. The van der Waals surface area contributed by atoms with Gasteiger partial charge in [-0.05, 0) is 35.4 Å². The van der Waals surface area contributed by atoms with Crippen LogP contribution >= 0.6 is 0 Å². The minimum absolute atomic E-state index is 0.0824. The van der Waals surface area contributed by atoms with Crippen LogP contribution < -0.4 is 9.46 Å². The van der Waals surface area contributed by atoms with E-state index in [4.69, 9.17) is 4.74 Å². The fourth-order valence-corrected chi connectivity index (χ4v) is 3.17. The average Bonchev–Trinajstić information content (AvgIpc) is 3.14. The molecule has 3 aromatic rings. The predicted molar refractivity (Wildman–Crippen MR) is 88.8 cm³/mol. The van der Waals surface area contributed by atoms with Crippen LogP contribution in [0, 0.1) is 0 Å². The van der Waals surface area contributed by atoms with Gasteiger partial charge in [-0.25, -0.2) is 13.1 Å². The molecule has 2 N–H and O–H groups in total. The van der Waals surface area contributed by atoms with Crippen molar-refractivity contribution in [3.8, 4) is 16.9 Å². The lowest BCUT2D eigenvalue weighted by Crippen LogP contribution is -2.23. The summed E-state index contributed by atoms with van der Waals surface area (Å²) in [6.45, 7) is 0.0824. The molecule has 0 bridgehead atoms. The predicted octanol–water partition coefficient (Wildman–Crippen LogP) is 1.96. The molecule has 0 aliphatic carbocycles. The van der Waals surface area contributed by atoms with Crippen molar-refractivity contribution in [1.29, 1.82) is 0 Å². The molecule has 1 heterocycles. The highest BCUT2D eigenvalue weighted by molar-refractivity contribution is 7.89. The maximum atomic E-state index is 12.3. The van der Waals surface area contributed by atoms with Gasteiger partial charge in [-0.2, -0.15) is 15.4 Å². The Kier molecular flexibility index (Phi) is 4.59. The number of sulfonamides is 1. The third-order valence-electron chi connectivity index (χ3n) is 3.50. The van der Waals surface area contributed by atoms with Crippen molar-refractivity contribution in [2.75, 3.05) is 7.11 Å². The number of rotatable bonds is 6. The van der Waals surface area contributed by atoms with Gasteiger partial charge in [-0.1, -0.05) is 24.3 Å². The maximum Gasteiger partial charge on any atom is 0.240 e. The zero-order valence-corrected chi connectivity index (χ0v) is 13.7. The molecule has 124 valence electrons. The smallest absolute Gasteiger partial charge is 0.240 e. The van der Waals surface area contributed by atoms with Gasteiger partial charge < -0.3 is 4.74 Å². The number of aromatic nitrogens is 3. The zero-order valence-electron chi connectivity index (χ0n) is 12.9. The SMILES string of the molecule is COc1ccc(-c2ccc(S(=O)(=O)NCc3cn[nH]n3)cc2)cc1. The molecule has 8 heteroatoms. The van der Waals surface area contributed by atoms with E-state index >= 15 is 0 Å². The number of ether oxygens (including phenoxy) is 1. The largest absolute Gasteiger partial charge is 0.497 e. The zero-order chi connectivity index (χ0) is 17.0. The van der Waals surface area contributed by atoms with E-state index in [1.807, 2.05) is 24.3 Å². The van der Waals surface area contributed by atoms with E-state index in [1.54, 1.807) is 31.4 Å². The number of hydrogen-bond donors (Lipinski definition) is 2. The summed E-state index contributed by atoms with van der Waals surface area (Å²) >= 11 is 0. The van der Waals surface area contributed by atoms with E-state index in [9.17, 15) is 8.42 Å². The molecule has 1 aromatic heterocycles. The monoisotopic (exact) mass is 344 g/mol. The van der Waals surface area contributed by atoms with Gasteiger partial charge in [0.05, 0.1) is 30.4 Å². The Balaban J connectivity index is 1.75. The van der Waals surface area contributed by atoms with Crippen LogP contribution in [0.2, 0.25) is 0 Å². The van der Waals surface area contributed by atoms with Crippen LogP contribution in [0.4, 0.5) is 0 Å². The molecule has 0 spiro atoms. The summed E-state index contributed by atoms with van der Waals surface area (Å²) < 4.78 is 32.2. The van der Waals surface area contributed by atoms with Crippen molar-refractivity contribution in [3.05, 3.63) is 60.4 Å². The number of nitrogens with zero attached hydrogens (tertiary/aromatic N) is 2. The van der Waals surface area contributed by atoms with Crippen molar-refractivity contribution in [1.82, 2.24) is 20.1 Å². The molecule has 0 amide bonds. The maximum absolute atomic E-state index is 12.3. The Hall–Kier alpha value is -2.71. The highest BCUT2D eigenvalue weighted by Crippen LogP contribution is 2.23. The van der Waals surface area contributed by atoms with Gasteiger partial charge in [0, 0.05) is 0 Å². The van der Waals surface area contributed by atoms with Gasteiger partial charge in [0.15, 0.2) is 0 Å². The van der Waals surface area contributed by atoms with Crippen molar-refractivity contribution in [2.45, 2.75) is 11.4 Å². The van der Waals surface area contributed by atoms with Crippen LogP contribution in [0.5, 0.6) is 5.75 Å². The number of H-pyrrole nitrogens is 1. The standard InChI is InChI=1S/C16H16N4O3S/c1-23-15-6-2-12(3-7-15)13-4-8-16(9-5-13)24(21,22)18-11-14-10-17-20-19-14/h2-10,18H,11H2,1H3,(H,17,19,20). The third-order valence-corrected chi connectivity index (χ3v) is 4.91. The van der Waals surface area contributed by atoms with Crippen LogP contribution in [0.25, 0.3) is 11.1 Å². The van der Waals surface area contributed by atoms with Crippen LogP contribution in [0.3, 0.4) is 0 Å². The average molecular weight is 344 g/mol. The Morgan fingerprint density at radius 1 is 1.04 bits per heavy atom. The van der Waals surface area contributed by atoms with Crippen molar-refractivity contribution >= 4 is 10.0 Å². The van der Waals surface area contributed by atoms with Crippen LogP contribution in [-0.2, 0) is 16.6 Å². The molecule has 0 saturated heterocycles. The van der Waals surface area contributed by atoms with Crippen molar-refractivity contribution in [3.63, 3.8) is 0 Å². The summed E-state index contributed by atoms with van der Waals surface area (Å²) in [4.78, 5) is 0.197. The number of nitrogens with one attached hydrogen (secondary N) is 2. The second-order valence-electron chi connectivity index (χ2n) is 5.04. The lowest BCUT2D eigenvalue weighted by molar-refractivity contribution is 0.415. The molecular weight excluding hydrogens is 328 g/mol. The molecule has 0 fully saturated rings. The lowest BCUT2D eigenvalue weighted by atomic mass is 10.1. The molecule has 0 radical (unpaired) electrons. The second-order valence-corrected chi connectivity index (χ2v) is 6.81. The Bertz CT molecular complexity index is 890. The van der Waals surface area contributed by atoms with E-state index in [1.165, 1.54) is 6.20 Å². The van der Waals surface area contributed by atoms with Gasteiger partial charge in [-0.15, -0.1) is 0 Å². The molecule has 0 aliphatic heterocycles. The molecule has 2 aromatic carbocycles. The van der Waals surface area contributed by atoms with Crippen molar-refractivity contribution in [2.24, 2.45) is 0 Å². The Morgan fingerprint density at radius 2 is 1.67 bits per heavy atom. The Labute approximate surface area is 139 Å². The molecule has 3 rings (SSSR count). The highest BCUT2D eigenvalue weighted by Gasteiger charge is 2.14. The molecule has 0 atom stereocenters. The third kappa shape index (κ3) is 3.61. The normalized spacial score (nSPS) is 11.4. The second kappa shape index (κ2) is 6.81. The minimum atomic E-state index is -3.60. The first-order chi connectivity index (χ1) is 11.6. The number of aromatic amines is 1. The lowest BCUT2D eigenvalue weighted by Gasteiger charge is -2.07.